The van der Waals surface area contributed by atoms with E-state index in [1.165, 1.54) is 6.07 Å². The first-order valence-corrected chi connectivity index (χ1v) is 7.42. The summed E-state index contributed by atoms with van der Waals surface area (Å²) >= 11 is 3.32. The molecule has 106 valence electrons. The van der Waals surface area contributed by atoms with Crippen molar-refractivity contribution in [3.63, 3.8) is 0 Å². The normalized spacial score (nSPS) is 12.3. The zero-order valence-corrected chi connectivity index (χ0v) is 12.9. The molecular weight excluding hydrogens is 321 g/mol. The number of hydrogen-bond donors (Lipinski definition) is 1. The molecule has 0 aliphatic carbocycles. The molecule has 0 bridgehead atoms. The van der Waals surface area contributed by atoms with Gasteiger partial charge in [-0.15, -0.1) is 0 Å². The maximum atomic E-state index is 13.5. The van der Waals surface area contributed by atoms with Crippen LogP contribution in [0, 0.1) is 5.82 Å². The minimum absolute atomic E-state index is 0.0392. The van der Waals surface area contributed by atoms with Crippen molar-refractivity contribution in [1.29, 1.82) is 0 Å². The summed E-state index contributed by atoms with van der Waals surface area (Å²) in [5, 5.41) is 3.43. The summed E-state index contributed by atoms with van der Waals surface area (Å²) in [6, 6.07) is 4.99. The van der Waals surface area contributed by atoms with Crippen molar-refractivity contribution in [2.45, 2.75) is 25.8 Å². The molecule has 1 unspecified atom stereocenters. The van der Waals surface area contributed by atoms with Gasteiger partial charge in [-0.25, -0.2) is 4.39 Å². The average Bonchev–Trinajstić information content (AvgIpc) is 2.43. The fourth-order valence-corrected chi connectivity index (χ4v) is 2.57. The molecule has 2 rings (SSSR count). The lowest BCUT2D eigenvalue weighted by Gasteiger charge is -2.18. The van der Waals surface area contributed by atoms with Crippen LogP contribution < -0.4 is 5.32 Å². The molecule has 2 aromatic rings. The monoisotopic (exact) mass is 337 g/mol. The smallest absolute Gasteiger partial charge is 0.124 e. The number of nitrogens with zero attached hydrogens (tertiary/aromatic N) is 2. The average molecular weight is 338 g/mol. The Morgan fingerprint density at radius 2 is 2.15 bits per heavy atom. The van der Waals surface area contributed by atoms with Crippen molar-refractivity contribution >= 4 is 15.9 Å². The number of rotatable bonds is 6. The predicted molar refractivity (Wildman–Crippen MR) is 80.9 cm³/mol. The highest BCUT2D eigenvalue weighted by molar-refractivity contribution is 9.10. The lowest BCUT2D eigenvalue weighted by molar-refractivity contribution is 0.514. The highest BCUT2D eigenvalue weighted by Crippen LogP contribution is 2.20. The van der Waals surface area contributed by atoms with Crippen LogP contribution in [-0.4, -0.2) is 16.5 Å². The topological polar surface area (TPSA) is 37.8 Å². The molecule has 3 nitrogen and oxygen atoms in total. The van der Waals surface area contributed by atoms with Gasteiger partial charge in [0.2, 0.25) is 0 Å². The lowest BCUT2D eigenvalue weighted by Crippen LogP contribution is -2.25. The van der Waals surface area contributed by atoms with E-state index < -0.39 is 0 Å². The summed E-state index contributed by atoms with van der Waals surface area (Å²) in [7, 11) is 0. The highest BCUT2D eigenvalue weighted by atomic mass is 79.9. The molecule has 1 atom stereocenters. The van der Waals surface area contributed by atoms with E-state index in [0.29, 0.717) is 6.42 Å². The van der Waals surface area contributed by atoms with Gasteiger partial charge >= 0.3 is 0 Å². The third-order valence-electron chi connectivity index (χ3n) is 2.94. The Bertz CT molecular complexity index is 528. The first-order chi connectivity index (χ1) is 9.69. The number of benzene rings is 1. The number of hydrogen-bond acceptors (Lipinski definition) is 3. The second-order valence-electron chi connectivity index (χ2n) is 4.62. The molecule has 1 N–H and O–H groups in total. The van der Waals surface area contributed by atoms with Gasteiger partial charge in [-0.05, 0) is 43.1 Å². The third-order valence-corrected chi connectivity index (χ3v) is 3.40. The molecule has 0 saturated heterocycles. The first kappa shape index (κ1) is 15.1. The second kappa shape index (κ2) is 7.45. The summed E-state index contributed by atoms with van der Waals surface area (Å²) in [6.07, 6.45) is 6.79. The summed E-state index contributed by atoms with van der Waals surface area (Å²) in [4.78, 5) is 8.45. The zero-order valence-electron chi connectivity index (χ0n) is 11.3. The van der Waals surface area contributed by atoms with Gasteiger partial charge in [0.15, 0.2) is 0 Å². The molecule has 0 fully saturated rings. The minimum Gasteiger partial charge on any atom is -0.308 e. The largest absolute Gasteiger partial charge is 0.308 e. The molecule has 1 heterocycles. The molecule has 1 aromatic carbocycles. The first-order valence-electron chi connectivity index (χ1n) is 6.63. The van der Waals surface area contributed by atoms with Crippen LogP contribution in [0.1, 0.15) is 30.6 Å². The molecule has 20 heavy (non-hydrogen) atoms. The van der Waals surface area contributed by atoms with Crippen molar-refractivity contribution in [1.82, 2.24) is 15.3 Å². The Labute approximate surface area is 126 Å². The number of nitrogens with one attached hydrogen (secondary N) is 1. The molecular formula is C15H17BrFN3. The van der Waals surface area contributed by atoms with Crippen LogP contribution in [0.2, 0.25) is 0 Å². The van der Waals surface area contributed by atoms with E-state index in [1.807, 2.05) is 6.07 Å². The van der Waals surface area contributed by atoms with Crippen LogP contribution in [0.5, 0.6) is 0 Å². The van der Waals surface area contributed by atoms with Gasteiger partial charge in [0.1, 0.15) is 5.82 Å². The van der Waals surface area contributed by atoms with Crippen LogP contribution in [-0.2, 0) is 6.42 Å². The zero-order chi connectivity index (χ0) is 14.4. The van der Waals surface area contributed by atoms with E-state index in [4.69, 9.17) is 0 Å². The Hall–Kier alpha value is -1.33. The Morgan fingerprint density at radius 3 is 2.80 bits per heavy atom. The van der Waals surface area contributed by atoms with Crippen LogP contribution in [0.15, 0.2) is 41.3 Å². The maximum absolute atomic E-state index is 13.5. The number of aromatic nitrogens is 2. The fourth-order valence-electron chi connectivity index (χ4n) is 2.05. The molecule has 5 heteroatoms. The summed E-state index contributed by atoms with van der Waals surface area (Å²) in [5.41, 5.74) is 1.80. The van der Waals surface area contributed by atoms with Gasteiger partial charge in [0.05, 0.1) is 11.7 Å². The number of halogens is 2. The molecule has 0 amide bonds. The van der Waals surface area contributed by atoms with Crippen molar-refractivity contribution in [3.8, 4) is 0 Å². The minimum atomic E-state index is -0.234. The molecule has 0 aliphatic heterocycles. The molecule has 0 aliphatic rings. The van der Waals surface area contributed by atoms with E-state index in [1.54, 1.807) is 24.7 Å². The summed E-state index contributed by atoms with van der Waals surface area (Å²) in [6.45, 7) is 3.00. The van der Waals surface area contributed by atoms with Crippen molar-refractivity contribution in [2.24, 2.45) is 0 Å². The van der Waals surface area contributed by atoms with Gasteiger partial charge in [-0.1, -0.05) is 22.9 Å². The SMILES string of the molecule is CCCNC(Cc1cc(F)cc(Br)c1)c1cnccn1. The van der Waals surface area contributed by atoms with E-state index >= 15 is 0 Å². The maximum Gasteiger partial charge on any atom is 0.124 e. The van der Waals surface area contributed by atoms with E-state index in [9.17, 15) is 4.39 Å². The summed E-state index contributed by atoms with van der Waals surface area (Å²) < 4.78 is 14.2. The lowest BCUT2D eigenvalue weighted by atomic mass is 10.0. The molecule has 1 aromatic heterocycles. The Morgan fingerprint density at radius 1 is 1.30 bits per heavy atom. The van der Waals surface area contributed by atoms with Gasteiger partial charge < -0.3 is 5.32 Å². The van der Waals surface area contributed by atoms with Crippen molar-refractivity contribution in [3.05, 3.63) is 58.3 Å². The fraction of sp³-hybridized carbons (Fsp3) is 0.333. The van der Waals surface area contributed by atoms with Gasteiger partial charge in [-0.2, -0.15) is 0 Å². The predicted octanol–water partition coefficient (Wildman–Crippen LogP) is 3.66. The summed E-state index contributed by atoms with van der Waals surface area (Å²) in [5.74, 6) is -0.234. The highest BCUT2D eigenvalue weighted by Gasteiger charge is 2.14. The van der Waals surface area contributed by atoms with Gasteiger partial charge in [0.25, 0.3) is 0 Å². The standard InChI is InChI=1S/C15H17BrFN3/c1-2-3-19-14(15-10-18-4-5-20-15)8-11-6-12(16)9-13(17)7-11/h4-7,9-10,14,19H,2-3,8H2,1H3. The van der Waals surface area contributed by atoms with Crippen LogP contribution in [0.3, 0.4) is 0 Å². The van der Waals surface area contributed by atoms with Crippen LogP contribution in [0.25, 0.3) is 0 Å². The Kier molecular flexibility index (Phi) is 5.61. The second-order valence-corrected chi connectivity index (χ2v) is 5.53. The Balaban J connectivity index is 2.19. The molecule has 0 radical (unpaired) electrons. The van der Waals surface area contributed by atoms with Crippen LogP contribution >= 0.6 is 15.9 Å². The molecule has 0 saturated carbocycles. The molecule has 0 spiro atoms. The van der Waals surface area contributed by atoms with Gasteiger partial charge in [-0.3, -0.25) is 9.97 Å². The quantitative estimate of drug-likeness (QED) is 0.873. The van der Waals surface area contributed by atoms with Gasteiger partial charge in [0, 0.05) is 23.1 Å². The van der Waals surface area contributed by atoms with E-state index in [0.717, 1.165) is 28.7 Å². The third kappa shape index (κ3) is 4.35. The van der Waals surface area contributed by atoms with Crippen molar-refractivity contribution in [2.75, 3.05) is 6.54 Å². The van der Waals surface area contributed by atoms with Crippen molar-refractivity contribution < 1.29 is 4.39 Å². The van der Waals surface area contributed by atoms with E-state index in [-0.39, 0.29) is 11.9 Å². The van der Waals surface area contributed by atoms with Crippen LogP contribution in [0.4, 0.5) is 4.39 Å². The van der Waals surface area contributed by atoms with E-state index in [2.05, 4.69) is 38.1 Å².